The number of thiazole rings is 1. The lowest BCUT2D eigenvalue weighted by molar-refractivity contribution is 0.0985. The average molecular weight is 523 g/mol. The van der Waals surface area contributed by atoms with Crippen LogP contribution in [0.15, 0.2) is 47.4 Å². The van der Waals surface area contributed by atoms with Gasteiger partial charge in [0.15, 0.2) is 5.13 Å². The van der Waals surface area contributed by atoms with Crippen LogP contribution in [0, 0.1) is 6.92 Å². The maximum atomic E-state index is 13.5. The van der Waals surface area contributed by atoms with E-state index < -0.39 is 10.0 Å². The van der Waals surface area contributed by atoms with Crippen LogP contribution in [0.3, 0.4) is 0 Å². The molecule has 34 heavy (non-hydrogen) atoms. The molecule has 0 saturated carbocycles. The van der Waals surface area contributed by atoms with Gasteiger partial charge in [-0.3, -0.25) is 9.69 Å². The number of hydrogen-bond donors (Lipinski definition) is 0. The fourth-order valence-corrected chi connectivity index (χ4v) is 6.54. The number of fused-ring (bicyclic) bond motifs is 1. The third-order valence-corrected chi connectivity index (χ3v) is 8.87. The molecule has 4 rings (SSSR count). The van der Waals surface area contributed by atoms with Gasteiger partial charge in [0.2, 0.25) is 10.0 Å². The number of likely N-dealkylation sites (N-methyl/N-ethyl adjacent to an activating group) is 1. The van der Waals surface area contributed by atoms with Crippen LogP contribution in [-0.4, -0.2) is 68.8 Å². The van der Waals surface area contributed by atoms with Crippen molar-refractivity contribution in [1.82, 2.24) is 14.2 Å². The smallest absolute Gasteiger partial charge is 0.260 e. The number of amides is 1. The predicted octanol–water partition coefficient (Wildman–Crippen LogP) is 4.41. The Morgan fingerprint density at radius 3 is 2.32 bits per heavy atom. The van der Waals surface area contributed by atoms with Crippen molar-refractivity contribution in [3.05, 3.63) is 53.6 Å². The van der Waals surface area contributed by atoms with Gasteiger partial charge >= 0.3 is 0 Å². The van der Waals surface area contributed by atoms with Crippen molar-refractivity contribution in [2.45, 2.75) is 31.1 Å². The Balaban J connectivity index is 0.00000324. The zero-order valence-corrected chi connectivity index (χ0v) is 22.2. The van der Waals surface area contributed by atoms with Gasteiger partial charge in [-0.05, 0) is 69.8 Å². The number of halogens is 1. The SMILES string of the molecule is Cc1cccc2sc(N(CCN(C)C)C(=O)c3ccc(S(=O)(=O)N4CCCCC4)cc3)nc12.Cl. The van der Waals surface area contributed by atoms with Gasteiger partial charge in [0.1, 0.15) is 0 Å². The fourth-order valence-electron chi connectivity index (χ4n) is 3.95. The minimum atomic E-state index is -3.53. The second-order valence-corrected chi connectivity index (χ2v) is 11.6. The quantitative estimate of drug-likeness (QED) is 0.459. The number of aromatic nitrogens is 1. The van der Waals surface area contributed by atoms with Crippen molar-refractivity contribution < 1.29 is 13.2 Å². The van der Waals surface area contributed by atoms with Crippen LogP contribution >= 0.6 is 23.7 Å². The molecule has 2 heterocycles. The fraction of sp³-hybridized carbons (Fsp3) is 0.417. The highest BCUT2D eigenvalue weighted by Crippen LogP contribution is 2.31. The highest BCUT2D eigenvalue weighted by atomic mass is 35.5. The van der Waals surface area contributed by atoms with E-state index in [9.17, 15) is 13.2 Å². The topological polar surface area (TPSA) is 73.8 Å². The zero-order chi connectivity index (χ0) is 23.6. The second kappa shape index (κ2) is 11.1. The first kappa shape index (κ1) is 26.6. The normalized spacial score (nSPS) is 14.8. The molecular weight excluding hydrogens is 492 g/mol. The molecule has 1 saturated heterocycles. The van der Waals surface area contributed by atoms with Crippen molar-refractivity contribution in [3.63, 3.8) is 0 Å². The van der Waals surface area contributed by atoms with E-state index in [0.717, 1.165) is 35.0 Å². The van der Waals surface area contributed by atoms with Crippen molar-refractivity contribution in [1.29, 1.82) is 0 Å². The first-order chi connectivity index (χ1) is 15.8. The molecule has 10 heteroatoms. The lowest BCUT2D eigenvalue weighted by atomic mass is 10.2. The Bertz CT molecular complexity index is 1240. The molecule has 0 radical (unpaired) electrons. The predicted molar refractivity (Wildman–Crippen MR) is 141 cm³/mol. The maximum absolute atomic E-state index is 13.5. The Morgan fingerprint density at radius 1 is 1.03 bits per heavy atom. The van der Waals surface area contributed by atoms with Crippen LogP contribution in [0.5, 0.6) is 0 Å². The monoisotopic (exact) mass is 522 g/mol. The average Bonchev–Trinajstić information content (AvgIpc) is 3.25. The Hall–Kier alpha value is -2.04. The van der Waals surface area contributed by atoms with E-state index in [0.29, 0.717) is 36.9 Å². The van der Waals surface area contributed by atoms with Gasteiger partial charge in [-0.1, -0.05) is 29.9 Å². The number of sulfonamides is 1. The lowest BCUT2D eigenvalue weighted by Gasteiger charge is -2.26. The number of para-hydroxylation sites is 1. The molecule has 0 aliphatic carbocycles. The summed E-state index contributed by atoms with van der Waals surface area (Å²) >= 11 is 1.49. The first-order valence-electron chi connectivity index (χ1n) is 11.2. The molecular formula is C24H31ClN4O3S2. The van der Waals surface area contributed by atoms with E-state index in [1.165, 1.54) is 11.3 Å². The van der Waals surface area contributed by atoms with E-state index in [1.807, 2.05) is 44.1 Å². The number of benzene rings is 2. The minimum Gasteiger partial charge on any atom is -0.308 e. The largest absolute Gasteiger partial charge is 0.308 e. The lowest BCUT2D eigenvalue weighted by Crippen LogP contribution is -2.37. The molecule has 0 N–H and O–H groups in total. The van der Waals surface area contributed by atoms with Gasteiger partial charge < -0.3 is 4.90 Å². The van der Waals surface area contributed by atoms with Gasteiger partial charge in [0.05, 0.1) is 15.1 Å². The van der Waals surface area contributed by atoms with E-state index >= 15 is 0 Å². The van der Waals surface area contributed by atoms with Crippen LogP contribution in [0.4, 0.5) is 5.13 Å². The van der Waals surface area contributed by atoms with E-state index in [-0.39, 0.29) is 23.2 Å². The Kier molecular flexibility index (Phi) is 8.70. The van der Waals surface area contributed by atoms with Gasteiger partial charge in [-0.25, -0.2) is 13.4 Å². The summed E-state index contributed by atoms with van der Waals surface area (Å²) in [4.78, 5) is 22.2. The first-order valence-corrected chi connectivity index (χ1v) is 13.5. The van der Waals surface area contributed by atoms with Gasteiger partial charge in [0.25, 0.3) is 5.91 Å². The number of anilines is 1. The number of aryl methyl sites for hydroxylation is 1. The number of hydrogen-bond acceptors (Lipinski definition) is 6. The Morgan fingerprint density at radius 2 is 1.71 bits per heavy atom. The molecule has 0 spiro atoms. The molecule has 0 unspecified atom stereocenters. The van der Waals surface area contributed by atoms with Crippen molar-refractivity contribution in [2.24, 2.45) is 0 Å². The van der Waals surface area contributed by atoms with Crippen LogP contribution in [0.2, 0.25) is 0 Å². The van der Waals surface area contributed by atoms with Gasteiger partial charge in [0, 0.05) is 31.7 Å². The molecule has 3 aromatic rings. The second-order valence-electron chi connectivity index (χ2n) is 8.67. The zero-order valence-electron chi connectivity index (χ0n) is 19.7. The van der Waals surface area contributed by atoms with Gasteiger partial charge in [-0.15, -0.1) is 12.4 Å². The van der Waals surface area contributed by atoms with Crippen molar-refractivity contribution in [2.75, 3.05) is 45.2 Å². The van der Waals surface area contributed by atoms with Crippen molar-refractivity contribution >= 4 is 55.0 Å². The van der Waals surface area contributed by atoms with E-state index in [4.69, 9.17) is 4.98 Å². The Labute approximate surface area is 211 Å². The molecule has 0 atom stereocenters. The van der Waals surface area contributed by atoms with Crippen LogP contribution in [-0.2, 0) is 10.0 Å². The number of carbonyl (C=O) groups is 1. The van der Waals surface area contributed by atoms with Crippen molar-refractivity contribution in [3.8, 4) is 0 Å². The summed E-state index contributed by atoms with van der Waals surface area (Å²) in [6.07, 6.45) is 2.84. The highest BCUT2D eigenvalue weighted by molar-refractivity contribution is 7.89. The molecule has 1 amide bonds. The molecule has 184 valence electrons. The highest BCUT2D eigenvalue weighted by Gasteiger charge is 2.27. The molecule has 2 aromatic carbocycles. The summed E-state index contributed by atoms with van der Waals surface area (Å²) in [7, 11) is 0.398. The third kappa shape index (κ3) is 5.60. The van der Waals surface area contributed by atoms with Crippen LogP contribution < -0.4 is 4.90 Å². The third-order valence-electron chi connectivity index (χ3n) is 5.91. The van der Waals surface area contributed by atoms with Crippen LogP contribution in [0.1, 0.15) is 35.2 Å². The number of nitrogens with zero attached hydrogens (tertiary/aromatic N) is 4. The molecule has 0 bridgehead atoms. The summed E-state index contributed by atoms with van der Waals surface area (Å²) in [5.41, 5.74) is 2.42. The minimum absolute atomic E-state index is 0. The van der Waals surface area contributed by atoms with E-state index in [1.54, 1.807) is 33.5 Å². The van der Waals surface area contributed by atoms with Gasteiger partial charge in [-0.2, -0.15) is 4.31 Å². The standard InChI is InChI=1S/C24H30N4O3S2.ClH/c1-18-8-7-9-21-22(18)25-24(32-21)28(17-16-26(2)3)23(29)19-10-12-20(13-11-19)33(30,31)27-14-5-4-6-15-27;/h7-13H,4-6,14-17H2,1-3H3;1H. The van der Waals surface area contributed by atoms with E-state index in [2.05, 4.69) is 0 Å². The molecule has 1 aliphatic rings. The summed E-state index contributed by atoms with van der Waals surface area (Å²) < 4.78 is 28.5. The molecule has 7 nitrogen and oxygen atoms in total. The number of carbonyl (C=O) groups excluding carboxylic acids is 1. The number of rotatable bonds is 7. The van der Waals surface area contributed by atoms with Crippen LogP contribution in [0.25, 0.3) is 10.2 Å². The summed E-state index contributed by atoms with van der Waals surface area (Å²) in [5.74, 6) is -0.185. The maximum Gasteiger partial charge on any atom is 0.260 e. The summed E-state index contributed by atoms with van der Waals surface area (Å²) in [6, 6.07) is 12.3. The molecule has 1 aromatic heterocycles. The molecule has 1 aliphatic heterocycles. The summed E-state index contributed by atoms with van der Waals surface area (Å²) in [5, 5.41) is 0.649. The molecule has 1 fully saturated rings. The number of piperidine rings is 1. The summed E-state index contributed by atoms with van der Waals surface area (Å²) in [6.45, 7) is 4.29.